The molecule has 1 aromatic carbocycles. The number of nitrogens with two attached hydrogens (primary N) is 1. The van der Waals surface area contributed by atoms with Crippen LogP contribution >= 0.6 is 0 Å². The Labute approximate surface area is 119 Å². The standard InChI is InChI=1S/C15H21N3O2/c1-15(2,8-17(3)4)9-18-13(19)11-6-5-10(16)7-12(11)14(18)20/h5-7H,8-9,16H2,1-4H3. The van der Waals surface area contributed by atoms with Gasteiger partial charge in [-0.05, 0) is 37.7 Å². The minimum absolute atomic E-state index is 0.164. The molecule has 2 rings (SSSR count). The van der Waals surface area contributed by atoms with Crippen molar-refractivity contribution in [3.8, 4) is 0 Å². The zero-order valence-electron chi connectivity index (χ0n) is 12.4. The lowest BCUT2D eigenvalue weighted by Crippen LogP contribution is -2.42. The number of carbonyl (C=O) groups excluding carboxylic acids is 2. The lowest BCUT2D eigenvalue weighted by atomic mass is 9.92. The first-order valence-corrected chi connectivity index (χ1v) is 6.62. The number of hydrogen-bond donors (Lipinski definition) is 1. The van der Waals surface area contributed by atoms with E-state index in [-0.39, 0.29) is 17.2 Å². The summed E-state index contributed by atoms with van der Waals surface area (Å²) in [5.74, 6) is -0.471. The van der Waals surface area contributed by atoms with Crippen molar-refractivity contribution in [3.05, 3.63) is 29.3 Å². The highest BCUT2D eigenvalue weighted by molar-refractivity contribution is 6.21. The molecule has 5 heteroatoms. The molecule has 0 unspecified atom stereocenters. The van der Waals surface area contributed by atoms with Crippen LogP contribution in [0.15, 0.2) is 18.2 Å². The summed E-state index contributed by atoms with van der Waals surface area (Å²) in [6.45, 7) is 5.29. The SMILES string of the molecule is CN(C)CC(C)(C)CN1C(=O)c2ccc(N)cc2C1=O. The third-order valence-electron chi connectivity index (χ3n) is 3.33. The fourth-order valence-corrected chi connectivity index (χ4v) is 2.79. The summed E-state index contributed by atoms with van der Waals surface area (Å²) in [7, 11) is 3.95. The van der Waals surface area contributed by atoms with E-state index >= 15 is 0 Å². The maximum Gasteiger partial charge on any atom is 0.261 e. The number of fused-ring (bicyclic) bond motifs is 1. The summed E-state index contributed by atoms with van der Waals surface area (Å²) in [6.07, 6.45) is 0. The average molecular weight is 275 g/mol. The number of hydrogen-bond acceptors (Lipinski definition) is 4. The van der Waals surface area contributed by atoms with Crippen molar-refractivity contribution in [2.24, 2.45) is 5.41 Å². The fourth-order valence-electron chi connectivity index (χ4n) is 2.79. The molecule has 0 radical (unpaired) electrons. The molecule has 0 spiro atoms. The molecule has 1 aromatic rings. The molecule has 20 heavy (non-hydrogen) atoms. The highest BCUT2D eigenvalue weighted by Gasteiger charge is 2.38. The summed E-state index contributed by atoms with van der Waals surface area (Å²) >= 11 is 0. The number of imide groups is 1. The molecule has 5 nitrogen and oxygen atoms in total. The van der Waals surface area contributed by atoms with Gasteiger partial charge in [0.05, 0.1) is 11.1 Å². The van der Waals surface area contributed by atoms with Crippen LogP contribution < -0.4 is 5.73 Å². The van der Waals surface area contributed by atoms with E-state index in [0.29, 0.717) is 23.4 Å². The lowest BCUT2D eigenvalue weighted by molar-refractivity contribution is 0.0570. The Morgan fingerprint density at radius 1 is 1.15 bits per heavy atom. The van der Waals surface area contributed by atoms with Crippen molar-refractivity contribution in [1.82, 2.24) is 9.80 Å². The van der Waals surface area contributed by atoms with Gasteiger partial charge in [-0.15, -0.1) is 0 Å². The number of nitrogens with zero attached hydrogens (tertiary/aromatic N) is 2. The normalized spacial score (nSPS) is 15.2. The number of amides is 2. The van der Waals surface area contributed by atoms with E-state index < -0.39 is 0 Å². The lowest BCUT2D eigenvalue weighted by Gasteiger charge is -2.31. The molecule has 2 N–H and O–H groups in total. The first kappa shape index (κ1) is 14.5. The summed E-state index contributed by atoms with van der Waals surface area (Å²) in [6, 6.07) is 4.86. The number of rotatable bonds is 4. The highest BCUT2D eigenvalue weighted by atomic mass is 16.2. The van der Waals surface area contributed by atoms with Gasteiger partial charge in [0.15, 0.2) is 0 Å². The Morgan fingerprint density at radius 2 is 1.75 bits per heavy atom. The molecule has 0 saturated heterocycles. The van der Waals surface area contributed by atoms with E-state index in [2.05, 4.69) is 4.90 Å². The Kier molecular flexibility index (Phi) is 3.56. The van der Waals surface area contributed by atoms with Gasteiger partial charge in [0.25, 0.3) is 11.8 Å². The third-order valence-corrected chi connectivity index (χ3v) is 3.33. The van der Waals surface area contributed by atoms with Gasteiger partial charge < -0.3 is 10.6 Å². The van der Waals surface area contributed by atoms with Crippen LogP contribution in [0.2, 0.25) is 0 Å². The van der Waals surface area contributed by atoms with Crippen LogP contribution in [0, 0.1) is 5.41 Å². The smallest absolute Gasteiger partial charge is 0.261 e. The second kappa shape index (κ2) is 4.90. The maximum absolute atomic E-state index is 12.4. The minimum Gasteiger partial charge on any atom is -0.399 e. The molecule has 108 valence electrons. The molecule has 0 aromatic heterocycles. The molecule has 0 fully saturated rings. The van der Waals surface area contributed by atoms with Gasteiger partial charge in [-0.2, -0.15) is 0 Å². The zero-order chi connectivity index (χ0) is 15.1. The zero-order valence-corrected chi connectivity index (χ0v) is 12.4. The average Bonchev–Trinajstić information content (AvgIpc) is 2.52. The predicted molar refractivity (Wildman–Crippen MR) is 78.6 cm³/mol. The largest absolute Gasteiger partial charge is 0.399 e. The minimum atomic E-state index is -0.246. The monoisotopic (exact) mass is 275 g/mol. The molecule has 0 bridgehead atoms. The van der Waals surface area contributed by atoms with E-state index in [4.69, 9.17) is 5.73 Å². The fraction of sp³-hybridized carbons (Fsp3) is 0.467. The van der Waals surface area contributed by atoms with Crippen molar-refractivity contribution in [1.29, 1.82) is 0 Å². The molecule has 0 aliphatic carbocycles. The van der Waals surface area contributed by atoms with Crippen molar-refractivity contribution in [2.45, 2.75) is 13.8 Å². The Morgan fingerprint density at radius 3 is 2.35 bits per heavy atom. The van der Waals surface area contributed by atoms with E-state index in [0.717, 1.165) is 6.54 Å². The molecule has 1 heterocycles. The topological polar surface area (TPSA) is 66.6 Å². The predicted octanol–water partition coefficient (Wildman–Crippen LogP) is 1.45. The number of benzene rings is 1. The van der Waals surface area contributed by atoms with Gasteiger partial charge in [-0.3, -0.25) is 14.5 Å². The van der Waals surface area contributed by atoms with Gasteiger partial charge in [-0.25, -0.2) is 0 Å². The van der Waals surface area contributed by atoms with Crippen LogP contribution in [0.1, 0.15) is 34.6 Å². The summed E-state index contributed by atoms with van der Waals surface area (Å²) < 4.78 is 0. The van der Waals surface area contributed by atoms with Crippen LogP contribution in [0.25, 0.3) is 0 Å². The maximum atomic E-state index is 12.4. The second-order valence-corrected chi connectivity index (χ2v) is 6.40. The van der Waals surface area contributed by atoms with Crippen LogP contribution in [-0.4, -0.2) is 48.8 Å². The summed E-state index contributed by atoms with van der Waals surface area (Å²) in [4.78, 5) is 28.1. The molecule has 2 amide bonds. The number of anilines is 1. The number of carbonyl (C=O) groups is 2. The quantitative estimate of drug-likeness (QED) is 0.667. The molecule has 0 atom stereocenters. The molecule has 1 aliphatic rings. The van der Waals surface area contributed by atoms with E-state index in [1.165, 1.54) is 4.90 Å². The summed E-state index contributed by atoms with van der Waals surface area (Å²) in [5.41, 5.74) is 6.89. The van der Waals surface area contributed by atoms with Gasteiger partial charge in [0, 0.05) is 18.8 Å². The van der Waals surface area contributed by atoms with E-state index in [9.17, 15) is 9.59 Å². The third kappa shape index (κ3) is 2.67. The Hall–Kier alpha value is -1.88. The van der Waals surface area contributed by atoms with Crippen LogP contribution in [0.3, 0.4) is 0 Å². The molecule has 1 aliphatic heterocycles. The summed E-state index contributed by atoms with van der Waals surface area (Å²) in [5, 5.41) is 0. The first-order chi connectivity index (χ1) is 9.21. The Balaban J connectivity index is 2.25. The van der Waals surface area contributed by atoms with E-state index in [1.54, 1.807) is 18.2 Å². The Bertz CT molecular complexity index is 564. The van der Waals surface area contributed by atoms with Crippen molar-refractivity contribution < 1.29 is 9.59 Å². The van der Waals surface area contributed by atoms with Crippen molar-refractivity contribution >= 4 is 17.5 Å². The second-order valence-electron chi connectivity index (χ2n) is 6.40. The molecular weight excluding hydrogens is 254 g/mol. The molecule has 0 saturated carbocycles. The van der Waals surface area contributed by atoms with Crippen molar-refractivity contribution in [2.75, 3.05) is 32.9 Å². The first-order valence-electron chi connectivity index (χ1n) is 6.62. The van der Waals surface area contributed by atoms with Gasteiger partial charge in [0.1, 0.15) is 0 Å². The van der Waals surface area contributed by atoms with Gasteiger partial charge in [0.2, 0.25) is 0 Å². The molecular formula is C15H21N3O2. The van der Waals surface area contributed by atoms with Gasteiger partial charge >= 0.3 is 0 Å². The number of nitrogen functional groups attached to an aromatic ring is 1. The van der Waals surface area contributed by atoms with E-state index in [1.807, 2.05) is 27.9 Å². The highest BCUT2D eigenvalue weighted by Crippen LogP contribution is 2.28. The van der Waals surface area contributed by atoms with Crippen LogP contribution in [0.4, 0.5) is 5.69 Å². The van der Waals surface area contributed by atoms with Crippen LogP contribution in [-0.2, 0) is 0 Å². The van der Waals surface area contributed by atoms with Gasteiger partial charge in [-0.1, -0.05) is 13.8 Å². The van der Waals surface area contributed by atoms with Crippen LogP contribution in [0.5, 0.6) is 0 Å². The van der Waals surface area contributed by atoms with Crippen molar-refractivity contribution in [3.63, 3.8) is 0 Å².